The van der Waals surface area contributed by atoms with E-state index >= 15 is 0 Å². The molecule has 0 amide bonds. The fourth-order valence-corrected chi connectivity index (χ4v) is 3.71. The Morgan fingerprint density at radius 2 is 2.00 bits per heavy atom. The van der Waals surface area contributed by atoms with Crippen LogP contribution in [0.25, 0.3) is 0 Å². The van der Waals surface area contributed by atoms with Gasteiger partial charge in [0, 0.05) is 4.90 Å². The lowest BCUT2D eigenvalue weighted by Gasteiger charge is -2.13. The highest BCUT2D eigenvalue weighted by atomic mass is 32.2. The zero-order chi connectivity index (χ0) is 15.4. The van der Waals surface area contributed by atoms with E-state index in [9.17, 15) is 26.2 Å². The summed E-state index contributed by atoms with van der Waals surface area (Å²) in [4.78, 5) is -1.07. The van der Waals surface area contributed by atoms with Gasteiger partial charge in [0.2, 0.25) is 0 Å². The maximum Gasteiger partial charge on any atom is 0.446 e. The molecule has 0 aliphatic carbocycles. The van der Waals surface area contributed by atoms with E-state index in [1.807, 2.05) is 0 Å². The zero-order valence-corrected chi connectivity index (χ0v) is 12.8. The number of alkyl halides is 3. The standard InChI is InChI=1S/C9H10F3O5PS2/c1-6-3-2-4-7(19-9(10,11)12)8(6)20(14,15)17-5-16-18-13/h2-4H,5,18H2,1H3. The Kier molecular flexibility index (Phi) is 6.08. The van der Waals surface area contributed by atoms with Crippen LogP contribution in [0, 0.1) is 6.92 Å². The van der Waals surface area contributed by atoms with Gasteiger partial charge in [-0.05, 0) is 30.3 Å². The smallest absolute Gasteiger partial charge is 0.304 e. The van der Waals surface area contributed by atoms with E-state index in [2.05, 4.69) is 8.71 Å². The average Bonchev–Trinajstić information content (AvgIpc) is 2.26. The quantitative estimate of drug-likeness (QED) is 0.258. The van der Waals surface area contributed by atoms with Crippen LogP contribution in [0.3, 0.4) is 0 Å². The van der Waals surface area contributed by atoms with Crippen LogP contribution < -0.4 is 0 Å². The molecule has 1 rings (SSSR count). The number of rotatable bonds is 6. The Balaban J connectivity index is 3.18. The topological polar surface area (TPSA) is 69.7 Å². The molecule has 0 spiro atoms. The average molecular weight is 350 g/mol. The Labute approximate surface area is 118 Å². The minimum Gasteiger partial charge on any atom is -0.304 e. The molecule has 0 N–H and O–H groups in total. The third kappa shape index (κ3) is 5.10. The maximum absolute atomic E-state index is 12.4. The van der Waals surface area contributed by atoms with E-state index in [1.165, 1.54) is 19.1 Å². The molecule has 1 atom stereocenters. The number of aryl methyl sites for hydroxylation is 1. The van der Waals surface area contributed by atoms with Crippen LogP contribution in [0.4, 0.5) is 13.2 Å². The van der Waals surface area contributed by atoms with Gasteiger partial charge in [0.05, 0.1) is 0 Å². The molecule has 5 nitrogen and oxygen atoms in total. The monoisotopic (exact) mass is 350 g/mol. The molecule has 0 bridgehead atoms. The molecule has 0 aliphatic rings. The number of halogens is 3. The second-order valence-corrected chi connectivity index (χ2v) is 6.59. The highest BCUT2D eigenvalue weighted by Gasteiger charge is 2.33. The third-order valence-electron chi connectivity index (χ3n) is 1.99. The molecule has 0 aliphatic heterocycles. The minimum absolute atomic E-state index is 0.105. The largest absolute Gasteiger partial charge is 0.446 e. The zero-order valence-electron chi connectivity index (χ0n) is 10.0. The molecule has 114 valence electrons. The minimum atomic E-state index is -4.63. The maximum atomic E-state index is 12.4. The molecule has 1 aromatic rings. The number of hydrogen-bond donors (Lipinski definition) is 0. The predicted molar refractivity (Wildman–Crippen MR) is 67.7 cm³/mol. The van der Waals surface area contributed by atoms with Crippen molar-refractivity contribution in [2.24, 2.45) is 0 Å². The van der Waals surface area contributed by atoms with Gasteiger partial charge in [0.15, 0.2) is 15.5 Å². The predicted octanol–water partition coefficient (Wildman–Crippen LogP) is 2.96. The van der Waals surface area contributed by atoms with Gasteiger partial charge in [0.1, 0.15) is 4.90 Å². The lowest BCUT2D eigenvalue weighted by Crippen LogP contribution is -2.12. The molecule has 1 aromatic carbocycles. The fourth-order valence-electron chi connectivity index (χ4n) is 1.33. The fraction of sp³-hybridized carbons (Fsp3) is 0.333. The van der Waals surface area contributed by atoms with Crippen molar-refractivity contribution in [3.05, 3.63) is 23.8 Å². The molecule has 0 radical (unpaired) electrons. The Morgan fingerprint density at radius 1 is 1.35 bits per heavy atom. The van der Waals surface area contributed by atoms with Gasteiger partial charge < -0.3 is 4.52 Å². The van der Waals surface area contributed by atoms with Crippen molar-refractivity contribution in [1.82, 2.24) is 0 Å². The first-order valence-corrected chi connectivity index (χ1v) is 8.14. The summed E-state index contributed by atoms with van der Waals surface area (Å²) < 4.78 is 79.7. The van der Waals surface area contributed by atoms with E-state index < -0.39 is 52.7 Å². The molecule has 1 unspecified atom stereocenters. The second kappa shape index (κ2) is 6.95. The molecule has 0 saturated heterocycles. The first kappa shape index (κ1) is 17.5. The van der Waals surface area contributed by atoms with Gasteiger partial charge >= 0.3 is 15.6 Å². The van der Waals surface area contributed by atoms with E-state index in [4.69, 9.17) is 0 Å². The van der Waals surface area contributed by atoms with Crippen LogP contribution in [-0.4, -0.2) is 20.7 Å². The molecular formula is C9H10F3O5PS2. The molecule has 0 aromatic heterocycles. The summed E-state index contributed by atoms with van der Waals surface area (Å²) in [5.41, 5.74) is -4.53. The highest BCUT2D eigenvalue weighted by Crippen LogP contribution is 2.41. The van der Waals surface area contributed by atoms with Gasteiger partial charge in [0.25, 0.3) is 0 Å². The second-order valence-electron chi connectivity index (χ2n) is 3.40. The number of hydrogen-bond acceptors (Lipinski definition) is 6. The summed E-state index contributed by atoms with van der Waals surface area (Å²) in [5, 5.41) is 0. The lowest BCUT2D eigenvalue weighted by atomic mass is 10.2. The van der Waals surface area contributed by atoms with E-state index in [0.717, 1.165) is 6.07 Å². The summed E-state index contributed by atoms with van der Waals surface area (Å²) >= 11 is -0.549. The van der Waals surface area contributed by atoms with Crippen molar-refractivity contribution in [2.75, 3.05) is 6.79 Å². The van der Waals surface area contributed by atoms with E-state index in [0.29, 0.717) is 0 Å². The summed E-state index contributed by atoms with van der Waals surface area (Å²) in [5.74, 6) is 0. The summed E-state index contributed by atoms with van der Waals surface area (Å²) in [7, 11) is -6.11. The lowest BCUT2D eigenvalue weighted by molar-refractivity contribution is -0.0329. The van der Waals surface area contributed by atoms with Crippen LogP contribution >= 0.6 is 20.4 Å². The van der Waals surface area contributed by atoms with Crippen LogP contribution in [0.5, 0.6) is 0 Å². The molecule has 20 heavy (non-hydrogen) atoms. The van der Waals surface area contributed by atoms with E-state index in [1.54, 1.807) is 0 Å². The molecule has 0 saturated carbocycles. The summed E-state index contributed by atoms with van der Waals surface area (Å²) in [6.07, 6.45) is 0. The first-order chi connectivity index (χ1) is 9.17. The van der Waals surface area contributed by atoms with Crippen LogP contribution in [0.2, 0.25) is 0 Å². The van der Waals surface area contributed by atoms with Gasteiger partial charge in [-0.3, -0.25) is 4.57 Å². The molecule has 11 heteroatoms. The molecule has 0 heterocycles. The van der Waals surface area contributed by atoms with Crippen LogP contribution in [0.1, 0.15) is 5.56 Å². The third-order valence-corrected chi connectivity index (χ3v) is 4.63. The van der Waals surface area contributed by atoms with Crippen molar-refractivity contribution in [1.29, 1.82) is 0 Å². The van der Waals surface area contributed by atoms with Crippen LogP contribution in [-0.2, 0) is 23.4 Å². The molecular weight excluding hydrogens is 340 g/mol. The van der Waals surface area contributed by atoms with Gasteiger partial charge in [-0.15, -0.1) is 0 Å². The van der Waals surface area contributed by atoms with Crippen molar-refractivity contribution in [2.45, 2.75) is 22.2 Å². The van der Waals surface area contributed by atoms with Crippen molar-refractivity contribution in [3.63, 3.8) is 0 Å². The Hall–Kier alpha value is -0.540. The normalized spacial score (nSPS) is 13.2. The van der Waals surface area contributed by atoms with Gasteiger partial charge in [-0.1, -0.05) is 12.1 Å². The van der Waals surface area contributed by atoms with Crippen LogP contribution in [0.15, 0.2) is 28.0 Å². The Bertz CT molecular complexity index is 588. The first-order valence-electron chi connectivity index (χ1n) is 4.97. The highest BCUT2D eigenvalue weighted by molar-refractivity contribution is 8.00. The number of benzene rings is 1. The summed E-state index contributed by atoms with van der Waals surface area (Å²) in [6.45, 7) is 0.530. The van der Waals surface area contributed by atoms with E-state index in [-0.39, 0.29) is 5.56 Å². The Morgan fingerprint density at radius 3 is 2.55 bits per heavy atom. The van der Waals surface area contributed by atoms with Gasteiger partial charge in [-0.25, -0.2) is 4.18 Å². The molecule has 0 fully saturated rings. The SMILES string of the molecule is Cc1cccc(SC(F)(F)F)c1S(=O)(=O)OCO[PH2]=O. The number of thioether (sulfide) groups is 1. The van der Waals surface area contributed by atoms with Gasteiger partial charge in [-0.2, -0.15) is 21.6 Å². The summed E-state index contributed by atoms with van der Waals surface area (Å²) in [6, 6.07) is 3.68. The van der Waals surface area contributed by atoms with Crippen molar-refractivity contribution in [3.8, 4) is 0 Å². The van der Waals surface area contributed by atoms with Crippen molar-refractivity contribution >= 4 is 30.6 Å². The van der Waals surface area contributed by atoms with Crippen molar-refractivity contribution < 1.29 is 34.9 Å².